The van der Waals surface area contributed by atoms with E-state index < -0.39 is 18.2 Å². The number of carbonyl (C=O) groups excluding carboxylic acids is 2. The topological polar surface area (TPSA) is 95.9 Å². The lowest BCUT2D eigenvalue weighted by molar-refractivity contribution is -0.151. The van der Waals surface area contributed by atoms with Crippen LogP contribution in [0.5, 0.6) is 0 Å². The fraction of sp³-hybridized carbons (Fsp3) is 0.963. The molecule has 6 nitrogen and oxygen atoms in total. The van der Waals surface area contributed by atoms with Gasteiger partial charge < -0.3 is 20.3 Å². The van der Waals surface area contributed by atoms with Crippen molar-refractivity contribution in [2.24, 2.45) is 0 Å². The van der Waals surface area contributed by atoms with E-state index in [1.807, 2.05) is 0 Å². The first-order chi connectivity index (χ1) is 29.5. The van der Waals surface area contributed by atoms with Gasteiger partial charge in [0.05, 0.1) is 25.2 Å². The lowest BCUT2D eigenvalue weighted by Crippen LogP contribution is -2.46. The number of hydrogen-bond acceptors (Lipinski definition) is 5. The van der Waals surface area contributed by atoms with Crippen LogP contribution in [0, 0.1) is 0 Å². The molecule has 1 amide bonds. The van der Waals surface area contributed by atoms with Gasteiger partial charge in [-0.1, -0.05) is 271 Å². The zero-order valence-electron chi connectivity index (χ0n) is 40.9. The average Bonchev–Trinajstić information content (AvgIpc) is 3.24. The molecule has 0 aliphatic heterocycles. The predicted octanol–water partition coefficient (Wildman–Crippen LogP) is 16.4. The summed E-state index contributed by atoms with van der Waals surface area (Å²) in [6.07, 6.45) is 53.3. The Morgan fingerprint density at radius 1 is 0.417 bits per heavy atom. The molecule has 0 aliphatic carbocycles. The van der Waals surface area contributed by atoms with Crippen molar-refractivity contribution in [2.75, 3.05) is 6.61 Å². The number of esters is 1. The van der Waals surface area contributed by atoms with Crippen LogP contribution in [0.25, 0.3) is 0 Å². The zero-order chi connectivity index (χ0) is 43.8. The van der Waals surface area contributed by atoms with Gasteiger partial charge in [-0.3, -0.25) is 9.59 Å². The summed E-state index contributed by atoms with van der Waals surface area (Å²) in [5.41, 5.74) is 0. The molecule has 358 valence electrons. The minimum Gasteiger partial charge on any atom is -0.462 e. The number of aliphatic hydroxyl groups is 2. The summed E-state index contributed by atoms with van der Waals surface area (Å²) in [5, 5.41) is 23.7. The molecule has 60 heavy (non-hydrogen) atoms. The van der Waals surface area contributed by atoms with Crippen molar-refractivity contribution in [3.63, 3.8) is 0 Å². The molecule has 0 saturated heterocycles. The number of carbonyl (C=O) groups is 2. The van der Waals surface area contributed by atoms with Gasteiger partial charge in [-0.2, -0.15) is 0 Å². The van der Waals surface area contributed by atoms with E-state index in [1.165, 1.54) is 225 Å². The second-order valence-electron chi connectivity index (χ2n) is 19.0. The second-order valence-corrected chi connectivity index (χ2v) is 19.0. The van der Waals surface area contributed by atoms with Crippen molar-refractivity contribution in [3.8, 4) is 0 Å². The number of ether oxygens (including phenoxy) is 1. The molecule has 0 radical (unpaired) electrons. The first kappa shape index (κ1) is 58.9. The summed E-state index contributed by atoms with van der Waals surface area (Å²) in [7, 11) is 0. The van der Waals surface area contributed by atoms with E-state index in [-0.39, 0.29) is 24.9 Å². The summed E-state index contributed by atoms with van der Waals surface area (Å²) >= 11 is 0. The van der Waals surface area contributed by atoms with Crippen molar-refractivity contribution in [1.82, 2.24) is 5.32 Å². The molecule has 0 spiro atoms. The standard InChI is InChI=1S/C54H107NO5/c1-4-7-10-13-16-18-20-22-24-25-26-27-29-31-33-35-38-41-44-47-54(59)60-50(45-42-39-36-15-12-9-6-3)48-53(58)55-51(49-56)52(57)46-43-40-37-34-32-30-28-23-21-19-17-14-11-8-5-2/h50-52,56-57H,4-49H2,1-3H3,(H,55,58). The number of aliphatic hydroxyl groups excluding tert-OH is 2. The van der Waals surface area contributed by atoms with Crippen molar-refractivity contribution >= 4 is 11.9 Å². The van der Waals surface area contributed by atoms with E-state index in [1.54, 1.807) is 0 Å². The Bertz CT molecular complexity index is 867. The Labute approximate surface area is 375 Å². The van der Waals surface area contributed by atoms with E-state index in [0.29, 0.717) is 19.3 Å². The van der Waals surface area contributed by atoms with Crippen LogP contribution in [0.1, 0.15) is 310 Å². The van der Waals surface area contributed by atoms with E-state index in [2.05, 4.69) is 26.1 Å². The van der Waals surface area contributed by atoms with E-state index in [0.717, 1.165) is 38.5 Å². The number of nitrogens with one attached hydrogen (secondary N) is 1. The van der Waals surface area contributed by atoms with Crippen LogP contribution in [-0.2, 0) is 14.3 Å². The van der Waals surface area contributed by atoms with Crippen molar-refractivity contribution < 1.29 is 24.5 Å². The van der Waals surface area contributed by atoms with Gasteiger partial charge in [0.2, 0.25) is 5.91 Å². The molecule has 0 fully saturated rings. The fourth-order valence-electron chi connectivity index (χ4n) is 8.79. The van der Waals surface area contributed by atoms with Crippen LogP contribution in [0.3, 0.4) is 0 Å². The van der Waals surface area contributed by atoms with Gasteiger partial charge in [0.25, 0.3) is 0 Å². The van der Waals surface area contributed by atoms with Crippen molar-refractivity contribution in [3.05, 3.63) is 0 Å². The first-order valence-electron chi connectivity index (χ1n) is 27.3. The summed E-state index contributed by atoms with van der Waals surface area (Å²) in [6.45, 7) is 6.49. The fourth-order valence-corrected chi connectivity index (χ4v) is 8.79. The van der Waals surface area contributed by atoms with Crippen LogP contribution in [0.15, 0.2) is 0 Å². The third kappa shape index (κ3) is 43.5. The zero-order valence-corrected chi connectivity index (χ0v) is 40.9. The van der Waals surface area contributed by atoms with Crippen LogP contribution < -0.4 is 5.32 Å². The molecule has 3 unspecified atom stereocenters. The number of hydrogen-bond donors (Lipinski definition) is 3. The van der Waals surface area contributed by atoms with Gasteiger partial charge in [0.1, 0.15) is 6.10 Å². The maximum absolute atomic E-state index is 13.1. The minimum absolute atomic E-state index is 0.0863. The maximum Gasteiger partial charge on any atom is 0.306 e. The van der Waals surface area contributed by atoms with E-state index in [9.17, 15) is 19.8 Å². The number of rotatable bonds is 50. The molecule has 0 aromatic heterocycles. The van der Waals surface area contributed by atoms with Crippen LogP contribution in [0.4, 0.5) is 0 Å². The third-order valence-corrected chi connectivity index (χ3v) is 12.9. The van der Waals surface area contributed by atoms with Gasteiger partial charge in [-0.05, 0) is 25.7 Å². The molecule has 3 N–H and O–H groups in total. The molecule has 6 heteroatoms. The normalized spacial score (nSPS) is 13.1. The summed E-state index contributed by atoms with van der Waals surface area (Å²) in [6, 6.07) is -0.691. The lowest BCUT2D eigenvalue weighted by atomic mass is 10.0. The minimum atomic E-state index is -0.778. The SMILES string of the molecule is CCCCCCCCCCCCCCCCCCCCCC(=O)OC(CCCCCCCCC)CC(=O)NC(CO)C(O)CCCCCCCCCCCCCCCCC. The Morgan fingerprint density at radius 2 is 0.700 bits per heavy atom. The highest BCUT2D eigenvalue weighted by Gasteiger charge is 2.24. The molecular weight excluding hydrogens is 743 g/mol. The highest BCUT2D eigenvalue weighted by molar-refractivity contribution is 5.77. The van der Waals surface area contributed by atoms with Crippen LogP contribution >= 0.6 is 0 Å². The lowest BCUT2D eigenvalue weighted by Gasteiger charge is -2.24. The van der Waals surface area contributed by atoms with Crippen LogP contribution in [0.2, 0.25) is 0 Å². The summed E-state index contributed by atoms with van der Waals surface area (Å²) in [5.74, 6) is -0.455. The highest BCUT2D eigenvalue weighted by atomic mass is 16.5. The van der Waals surface area contributed by atoms with Crippen LogP contribution in [-0.4, -0.2) is 46.9 Å². The smallest absolute Gasteiger partial charge is 0.306 e. The Balaban J connectivity index is 4.25. The molecule has 3 atom stereocenters. The highest BCUT2D eigenvalue weighted by Crippen LogP contribution is 2.19. The number of amides is 1. The quantitative estimate of drug-likeness (QED) is 0.0419. The van der Waals surface area contributed by atoms with E-state index >= 15 is 0 Å². The summed E-state index contributed by atoms with van der Waals surface area (Å²) < 4.78 is 5.91. The maximum atomic E-state index is 13.1. The van der Waals surface area contributed by atoms with Gasteiger partial charge in [0.15, 0.2) is 0 Å². The monoisotopic (exact) mass is 850 g/mol. The second kappa shape index (κ2) is 48.9. The largest absolute Gasteiger partial charge is 0.462 e. The molecule has 0 aromatic rings. The molecule has 0 saturated carbocycles. The first-order valence-corrected chi connectivity index (χ1v) is 27.3. The van der Waals surface area contributed by atoms with Gasteiger partial charge >= 0.3 is 5.97 Å². The molecule has 0 aromatic carbocycles. The molecule has 0 bridgehead atoms. The van der Waals surface area contributed by atoms with E-state index in [4.69, 9.17) is 4.74 Å². The Kier molecular flexibility index (Phi) is 48.0. The molecule has 0 aliphatic rings. The Morgan fingerprint density at radius 3 is 1.02 bits per heavy atom. The number of unbranched alkanes of at least 4 members (excludes halogenated alkanes) is 38. The Hall–Kier alpha value is -1.14. The summed E-state index contributed by atoms with van der Waals surface area (Å²) in [4.78, 5) is 26.0. The molecule has 0 rings (SSSR count). The van der Waals surface area contributed by atoms with Crippen molar-refractivity contribution in [1.29, 1.82) is 0 Å². The molecule has 0 heterocycles. The van der Waals surface area contributed by atoms with Gasteiger partial charge in [0, 0.05) is 6.42 Å². The third-order valence-electron chi connectivity index (χ3n) is 12.9. The molecular formula is C54H107NO5. The van der Waals surface area contributed by atoms with Gasteiger partial charge in [-0.15, -0.1) is 0 Å². The predicted molar refractivity (Wildman–Crippen MR) is 260 cm³/mol. The average molecular weight is 850 g/mol. The van der Waals surface area contributed by atoms with Crippen molar-refractivity contribution in [2.45, 2.75) is 328 Å². The van der Waals surface area contributed by atoms with Gasteiger partial charge in [-0.25, -0.2) is 0 Å².